The second-order valence-electron chi connectivity index (χ2n) is 4.69. The van der Waals surface area contributed by atoms with Gasteiger partial charge < -0.3 is 9.88 Å². The lowest BCUT2D eigenvalue weighted by Crippen LogP contribution is -2.35. The molecule has 1 aromatic heterocycles. The molecule has 0 saturated heterocycles. The van der Waals surface area contributed by atoms with E-state index in [2.05, 4.69) is 4.98 Å². The number of fused-ring (bicyclic) bond motifs is 3. The fraction of sp³-hybridized carbons (Fsp3) is 0.357. The number of amides is 1. The van der Waals surface area contributed by atoms with Gasteiger partial charge in [-0.1, -0.05) is 6.92 Å². The molecule has 4 heteroatoms. The number of hydrogen-bond donors (Lipinski definition) is 1. The fourth-order valence-electron chi connectivity index (χ4n) is 2.62. The van der Waals surface area contributed by atoms with Crippen molar-refractivity contribution < 1.29 is 9.18 Å². The molecular weight excluding hydrogens is 231 g/mol. The maximum atomic E-state index is 13.3. The Morgan fingerprint density at radius 3 is 3.11 bits per heavy atom. The molecule has 0 spiro atoms. The molecule has 2 aromatic rings. The third kappa shape index (κ3) is 1.68. The second-order valence-corrected chi connectivity index (χ2v) is 4.69. The molecule has 94 valence electrons. The second kappa shape index (κ2) is 4.12. The molecule has 1 aliphatic heterocycles. The summed E-state index contributed by atoms with van der Waals surface area (Å²) in [5, 5.41) is 0.901. The van der Waals surface area contributed by atoms with Gasteiger partial charge in [0.15, 0.2) is 0 Å². The molecule has 3 nitrogen and oxygen atoms in total. The van der Waals surface area contributed by atoms with Crippen molar-refractivity contribution >= 4 is 16.8 Å². The fourth-order valence-corrected chi connectivity index (χ4v) is 2.62. The number of rotatable bonds is 1. The average molecular weight is 246 g/mol. The van der Waals surface area contributed by atoms with Crippen molar-refractivity contribution in [1.82, 2.24) is 9.88 Å². The highest BCUT2D eigenvalue weighted by molar-refractivity contribution is 5.86. The van der Waals surface area contributed by atoms with Crippen LogP contribution in [0.15, 0.2) is 18.2 Å². The SMILES string of the molecule is CCC(=O)N1CCc2[nH]c3ccc(F)cc3c2C1. The molecule has 18 heavy (non-hydrogen) atoms. The summed E-state index contributed by atoms with van der Waals surface area (Å²) in [6.07, 6.45) is 1.34. The minimum Gasteiger partial charge on any atom is -0.358 e. The van der Waals surface area contributed by atoms with Gasteiger partial charge in [0.2, 0.25) is 5.91 Å². The summed E-state index contributed by atoms with van der Waals surface area (Å²) in [6.45, 7) is 3.20. The first-order valence-electron chi connectivity index (χ1n) is 6.25. The van der Waals surface area contributed by atoms with Crippen LogP contribution >= 0.6 is 0 Å². The Hall–Kier alpha value is -1.84. The van der Waals surface area contributed by atoms with E-state index in [1.54, 1.807) is 12.1 Å². The van der Waals surface area contributed by atoms with E-state index in [0.29, 0.717) is 13.0 Å². The zero-order chi connectivity index (χ0) is 12.7. The molecule has 0 radical (unpaired) electrons. The Morgan fingerprint density at radius 2 is 2.33 bits per heavy atom. The van der Waals surface area contributed by atoms with E-state index >= 15 is 0 Å². The molecule has 0 atom stereocenters. The highest BCUT2D eigenvalue weighted by atomic mass is 19.1. The largest absolute Gasteiger partial charge is 0.358 e. The normalized spacial score (nSPS) is 14.9. The predicted molar refractivity (Wildman–Crippen MR) is 67.7 cm³/mol. The Balaban J connectivity index is 2.05. The standard InChI is InChI=1S/C14H15FN2O/c1-2-14(18)17-6-5-13-11(8-17)10-7-9(15)3-4-12(10)16-13/h3-4,7,16H,2,5-6,8H2,1H3. The van der Waals surface area contributed by atoms with Gasteiger partial charge in [-0.3, -0.25) is 4.79 Å². The van der Waals surface area contributed by atoms with E-state index < -0.39 is 0 Å². The van der Waals surface area contributed by atoms with Crippen LogP contribution in [0.2, 0.25) is 0 Å². The van der Waals surface area contributed by atoms with Gasteiger partial charge in [0.1, 0.15) is 5.82 Å². The maximum Gasteiger partial charge on any atom is 0.222 e. The van der Waals surface area contributed by atoms with E-state index in [1.165, 1.54) is 6.07 Å². The minimum absolute atomic E-state index is 0.159. The number of hydrogen-bond acceptors (Lipinski definition) is 1. The third-order valence-electron chi connectivity index (χ3n) is 3.59. The van der Waals surface area contributed by atoms with Crippen molar-refractivity contribution in [2.75, 3.05) is 6.54 Å². The Kier molecular flexibility index (Phi) is 2.58. The summed E-state index contributed by atoms with van der Waals surface area (Å²) in [4.78, 5) is 16.9. The number of carbonyl (C=O) groups is 1. The molecule has 2 heterocycles. The van der Waals surface area contributed by atoms with E-state index in [1.807, 2.05) is 11.8 Å². The first kappa shape index (κ1) is 11.3. The topological polar surface area (TPSA) is 36.1 Å². The Morgan fingerprint density at radius 1 is 1.50 bits per heavy atom. The highest BCUT2D eigenvalue weighted by Gasteiger charge is 2.23. The summed E-state index contributed by atoms with van der Waals surface area (Å²) < 4.78 is 13.3. The van der Waals surface area contributed by atoms with Crippen LogP contribution < -0.4 is 0 Å². The summed E-state index contributed by atoms with van der Waals surface area (Å²) in [5.41, 5.74) is 3.15. The lowest BCUT2D eigenvalue weighted by atomic mass is 10.0. The summed E-state index contributed by atoms with van der Waals surface area (Å²) in [7, 11) is 0. The monoisotopic (exact) mass is 246 g/mol. The van der Waals surface area contributed by atoms with E-state index in [9.17, 15) is 9.18 Å². The van der Waals surface area contributed by atoms with Gasteiger partial charge >= 0.3 is 0 Å². The number of H-pyrrole nitrogens is 1. The summed E-state index contributed by atoms with van der Waals surface area (Å²) >= 11 is 0. The highest BCUT2D eigenvalue weighted by Crippen LogP contribution is 2.28. The van der Waals surface area contributed by atoms with Crippen LogP contribution in [0.4, 0.5) is 4.39 Å². The lowest BCUT2D eigenvalue weighted by Gasteiger charge is -2.26. The van der Waals surface area contributed by atoms with Crippen molar-refractivity contribution in [2.45, 2.75) is 26.3 Å². The molecule has 0 saturated carbocycles. The summed E-state index contributed by atoms with van der Waals surface area (Å²) in [5.74, 6) is -0.0744. The molecule has 1 amide bonds. The van der Waals surface area contributed by atoms with Gasteiger partial charge in [-0.2, -0.15) is 0 Å². The van der Waals surface area contributed by atoms with Crippen LogP contribution in [0.3, 0.4) is 0 Å². The van der Waals surface area contributed by atoms with E-state index in [4.69, 9.17) is 0 Å². The number of nitrogens with zero attached hydrogens (tertiary/aromatic N) is 1. The van der Waals surface area contributed by atoms with Gasteiger partial charge in [0.25, 0.3) is 0 Å². The zero-order valence-electron chi connectivity index (χ0n) is 10.3. The quantitative estimate of drug-likeness (QED) is 0.825. The van der Waals surface area contributed by atoms with Crippen LogP contribution in [0.1, 0.15) is 24.6 Å². The Bertz CT molecular complexity index is 618. The van der Waals surface area contributed by atoms with Crippen LogP contribution in [0.25, 0.3) is 10.9 Å². The molecular formula is C14H15FN2O. The lowest BCUT2D eigenvalue weighted by molar-refractivity contribution is -0.131. The molecule has 0 fully saturated rings. The number of aromatic amines is 1. The van der Waals surface area contributed by atoms with Gasteiger partial charge in [-0.25, -0.2) is 4.39 Å². The first-order chi connectivity index (χ1) is 8.69. The molecule has 0 unspecified atom stereocenters. The van der Waals surface area contributed by atoms with Gasteiger partial charge in [-0.05, 0) is 18.2 Å². The van der Waals surface area contributed by atoms with E-state index in [-0.39, 0.29) is 11.7 Å². The van der Waals surface area contributed by atoms with Crippen molar-refractivity contribution in [3.05, 3.63) is 35.3 Å². The Labute approximate surface area is 105 Å². The van der Waals surface area contributed by atoms with Gasteiger partial charge in [-0.15, -0.1) is 0 Å². The number of carbonyl (C=O) groups excluding carboxylic acids is 1. The number of halogens is 1. The van der Waals surface area contributed by atoms with Crippen molar-refractivity contribution in [2.24, 2.45) is 0 Å². The van der Waals surface area contributed by atoms with Crippen molar-refractivity contribution in [3.8, 4) is 0 Å². The van der Waals surface area contributed by atoms with Crippen molar-refractivity contribution in [3.63, 3.8) is 0 Å². The predicted octanol–water partition coefficient (Wildman–Crippen LogP) is 2.60. The molecule has 1 aromatic carbocycles. The molecule has 1 N–H and O–H groups in total. The van der Waals surface area contributed by atoms with Crippen LogP contribution in [0, 0.1) is 5.82 Å². The molecule has 0 bridgehead atoms. The number of aromatic nitrogens is 1. The average Bonchev–Trinajstić information content (AvgIpc) is 2.75. The van der Waals surface area contributed by atoms with E-state index in [0.717, 1.165) is 35.1 Å². The van der Waals surface area contributed by atoms with Crippen LogP contribution in [-0.2, 0) is 17.8 Å². The number of benzene rings is 1. The number of nitrogens with one attached hydrogen (secondary N) is 1. The van der Waals surface area contributed by atoms with Crippen molar-refractivity contribution in [1.29, 1.82) is 0 Å². The molecule has 0 aliphatic carbocycles. The van der Waals surface area contributed by atoms with Gasteiger partial charge in [0.05, 0.1) is 0 Å². The zero-order valence-corrected chi connectivity index (χ0v) is 10.3. The minimum atomic E-state index is -0.233. The van der Waals surface area contributed by atoms with Crippen LogP contribution in [-0.4, -0.2) is 22.3 Å². The van der Waals surface area contributed by atoms with Gasteiger partial charge in [0, 0.05) is 48.1 Å². The molecule has 1 aliphatic rings. The maximum absolute atomic E-state index is 13.3. The third-order valence-corrected chi connectivity index (χ3v) is 3.59. The summed E-state index contributed by atoms with van der Waals surface area (Å²) in [6, 6.07) is 4.76. The smallest absolute Gasteiger partial charge is 0.222 e. The molecule has 3 rings (SSSR count). The van der Waals surface area contributed by atoms with Crippen LogP contribution in [0.5, 0.6) is 0 Å². The first-order valence-corrected chi connectivity index (χ1v) is 6.25.